The Morgan fingerprint density at radius 2 is 2.29 bits per heavy atom. The quantitative estimate of drug-likeness (QED) is 0.860. The summed E-state index contributed by atoms with van der Waals surface area (Å²) in [6.45, 7) is 2.31. The first-order valence-corrected chi connectivity index (χ1v) is 6.74. The van der Waals surface area contributed by atoms with Crippen molar-refractivity contribution in [1.82, 2.24) is 10.2 Å². The van der Waals surface area contributed by atoms with Gasteiger partial charge in [0, 0.05) is 18.3 Å². The SMILES string of the molecule is COC[C@@H](C)Oc1ccc(Cl)cc1NC(=O)c1ccn[nH]1. The Bertz CT molecular complexity index is 602. The van der Waals surface area contributed by atoms with Gasteiger partial charge in [-0.25, -0.2) is 0 Å². The van der Waals surface area contributed by atoms with Crippen LogP contribution in [0.5, 0.6) is 5.75 Å². The van der Waals surface area contributed by atoms with E-state index in [0.29, 0.717) is 28.8 Å². The molecule has 0 aliphatic rings. The second-order valence-corrected chi connectivity index (χ2v) is 4.89. The zero-order chi connectivity index (χ0) is 15.2. The summed E-state index contributed by atoms with van der Waals surface area (Å²) >= 11 is 5.97. The van der Waals surface area contributed by atoms with Crippen molar-refractivity contribution in [3.8, 4) is 5.75 Å². The number of nitrogens with one attached hydrogen (secondary N) is 2. The second-order valence-electron chi connectivity index (χ2n) is 4.45. The number of aromatic amines is 1. The number of H-pyrrole nitrogens is 1. The van der Waals surface area contributed by atoms with Gasteiger partial charge in [0.25, 0.3) is 5.91 Å². The lowest BCUT2D eigenvalue weighted by atomic mass is 10.2. The molecule has 1 heterocycles. The van der Waals surface area contributed by atoms with Crippen LogP contribution in [0.4, 0.5) is 5.69 Å². The molecule has 0 saturated carbocycles. The molecule has 2 aromatic rings. The molecule has 0 radical (unpaired) electrons. The van der Waals surface area contributed by atoms with Crippen LogP contribution in [0, 0.1) is 0 Å². The Kier molecular flexibility index (Phi) is 5.19. The van der Waals surface area contributed by atoms with Crippen LogP contribution in [-0.4, -0.2) is 35.9 Å². The Balaban J connectivity index is 2.17. The number of aromatic nitrogens is 2. The molecule has 112 valence electrons. The van der Waals surface area contributed by atoms with Gasteiger partial charge in [-0.3, -0.25) is 9.89 Å². The van der Waals surface area contributed by atoms with Crippen LogP contribution in [-0.2, 0) is 4.74 Å². The number of ether oxygens (including phenoxy) is 2. The first-order valence-electron chi connectivity index (χ1n) is 6.36. The highest BCUT2D eigenvalue weighted by Crippen LogP contribution is 2.29. The number of nitrogens with zero attached hydrogens (tertiary/aromatic N) is 1. The van der Waals surface area contributed by atoms with E-state index in [4.69, 9.17) is 21.1 Å². The highest BCUT2D eigenvalue weighted by atomic mass is 35.5. The van der Waals surface area contributed by atoms with Gasteiger partial charge in [-0.1, -0.05) is 11.6 Å². The van der Waals surface area contributed by atoms with Gasteiger partial charge in [0.2, 0.25) is 0 Å². The summed E-state index contributed by atoms with van der Waals surface area (Å²) in [6.07, 6.45) is 1.35. The van der Waals surface area contributed by atoms with Crippen molar-refractivity contribution in [3.05, 3.63) is 41.2 Å². The number of hydrogen-bond donors (Lipinski definition) is 2. The van der Waals surface area contributed by atoms with Crippen LogP contribution in [0.2, 0.25) is 5.02 Å². The highest BCUT2D eigenvalue weighted by Gasteiger charge is 2.13. The van der Waals surface area contributed by atoms with Crippen LogP contribution in [0.15, 0.2) is 30.5 Å². The molecular weight excluding hydrogens is 294 g/mol. The minimum atomic E-state index is -0.320. The predicted octanol–water partition coefficient (Wildman–Crippen LogP) is 2.73. The average molecular weight is 310 g/mol. The second kappa shape index (κ2) is 7.10. The van der Waals surface area contributed by atoms with E-state index in [-0.39, 0.29) is 12.0 Å². The normalized spacial score (nSPS) is 12.0. The van der Waals surface area contributed by atoms with Gasteiger partial charge < -0.3 is 14.8 Å². The summed E-state index contributed by atoms with van der Waals surface area (Å²) in [7, 11) is 1.60. The summed E-state index contributed by atoms with van der Waals surface area (Å²) in [5, 5.41) is 9.58. The van der Waals surface area contributed by atoms with E-state index in [1.165, 1.54) is 6.20 Å². The minimum Gasteiger partial charge on any atom is -0.486 e. The number of rotatable bonds is 6. The lowest BCUT2D eigenvalue weighted by molar-refractivity contribution is 0.0921. The lowest BCUT2D eigenvalue weighted by Crippen LogP contribution is -2.20. The zero-order valence-electron chi connectivity index (χ0n) is 11.7. The summed E-state index contributed by atoms with van der Waals surface area (Å²) in [6, 6.07) is 6.61. The van der Waals surface area contributed by atoms with E-state index in [2.05, 4.69) is 15.5 Å². The molecule has 1 aromatic carbocycles. The summed E-state index contributed by atoms with van der Waals surface area (Å²) < 4.78 is 10.8. The fraction of sp³-hybridized carbons (Fsp3) is 0.286. The number of carbonyl (C=O) groups excluding carboxylic acids is 1. The van der Waals surface area contributed by atoms with Crippen LogP contribution in [0.25, 0.3) is 0 Å². The smallest absolute Gasteiger partial charge is 0.273 e. The van der Waals surface area contributed by atoms with Crippen molar-refractivity contribution < 1.29 is 14.3 Å². The van der Waals surface area contributed by atoms with Gasteiger partial charge in [0.15, 0.2) is 0 Å². The first kappa shape index (κ1) is 15.3. The van der Waals surface area contributed by atoms with Crippen LogP contribution in [0.3, 0.4) is 0 Å². The molecule has 2 N–H and O–H groups in total. The fourth-order valence-electron chi connectivity index (χ4n) is 1.76. The van der Waals surface area contributed by atoms with Crippen molar-refractivity contribution in [2.75, 3.05) is 19.0 Å². The lowest BCUT2D eigenvalue weighted by Gasteiger charge is -2.17. The summed E-state index contributed by atoms with van der Waals surface area (Å²) in [4.78, 5) is 12.0. The number of methoxy groups -OCH3 is 1. The Hall–Kier alpha value is -2.05. The van der Waals surface area contributed by atoms with E-state index in [0.717, 1.165) is 0 Å². The molecule has 6 nitrogen and oxygen atoms in total. The Morgan fingerprint density at radius 1 is 1.48 bits per heavy atom. The van der Waals surface area contributed by atoms with E-state index in [9.17, 15) is 4.79 Å². The van der Waals surface area contributed by atoms with Gasteiger partial charge >= 0.3 is 0 Å². The molecule has 1 aromatic heterocycles. The van der Waals surface area contributed by atoms with Crippen LogP contribution < -0.4 is 10.1 Å². The topological polar surface area (TPSA) is 76.2 Å². The molecule has 0 fully saturated rings. The number of benzene rings is 1. The number of carbonyl (C=O) groups is 1. The highest BCUT2D eigenvalue weighted by molar-refractivity contribution is 6.31. The summed E-state index contributed by atoms with van der Waals surface area (Å²) in [5.41, 5.74) is 0.843. The maximum atomic E-state index is 12.0. The molecule has 0 aliphatic carbocycles. The summed E-state index contributed by atoms with van der Waals surface area (Å²) in [5.74, 6) is 0.204. The number of anilines is 1. The van der Waals surface area contributed by atoms with Crippen LogP contribution >= 0.6 is 11.6 Å². The zero-order valence-corrected chi connectivity index (χ0v) is 12.5. The molecule has 7 heteroatoms. The first-order chi connectivity index (χ1) is 10.1. The minimum absolute atomic E-state index is 0.154. The monoisotopic (exact) mass is 309 g/mol. The van der Waals surface area contributed by atoms with E-state index in [1.807, 2.05) is 6.92 Å². The standard InChI is InChI=1S/C14H16ClN3O3/c1-9(8-20-2)21-13-4-3-10(15)7-12(13)17-14(19)11-5-6-16-18-11/h3-7,9H,8H2,1-2H3,(H,16,18)(H,17,19)/t9-/m1/s1. The molecule has 21 heavy (non-hydrogen) atoms. The molecule has 1 amide bonds. The molecule has 0 spiro atoms. The van der Waals surface area contributed by atoms with Gasteiger partial charge in [-0.15, -0.1) is 0 Å². The van der Waals surface area contributed by atoms with Crippen molar-refractivity contribution in [2.45, 2.75) is 13.0 Å². The molecule has 0 saturated heterocycles. The van der Waals surface area contributed by atoms with Gasteiger partial charge in [-0.05, 0) is 31.2 Å². The maximum absolute atomic E-state index is 12.0. The van der Waals surface area contributed by atoms with E-state index in [1.54, 1.807) is 31.4 Å². The fourth-order valence-corrected chi connectivity index (χ4v) is 1.93. The number of hydrogen-bond acceptors (Lipinski definition) is 4. The van der Waals surface area contributed by atoms with Crippen molar-refractivity contribution in [1.29, 1.82) is 0 Å². The van der Waals surface area contributed by atoms with E-state index < -0.39 is 0 Å². The average Bonchev–Trinajstić information content (AvgIpc) is 2.96. The molecule has 0 unspecified atom stereocenters. The van der Waals surface area contributed by atoms with Gasteiger partial charge in [0.1, 0.15) is 17.5 Å². The van der Waals surface area contributed by atoms with Crippen molar-refractivity contribution >= 4 is 23.2 Å². The molecular formula is C14H16ClN3O3. The molecule has 0 bridgehead atoms. The Labute approximate surface area is 127 Å². The third-order valence-corrected chi connectivity index (χ3v) is 2.90. The molecule has 2 rings (SSSR count). The molecule has 1 atom stereocenters. The largest absolute Gasteiger partial charge is 0.486 e. The van der Waals surface area contributed by atoms with Crippen molar-refractivity contribution in [2.24, 2.45) is 0 Å². The van der Waals surface area contributed by atoms with Gasteiger partial charge in [0.05, 0.1) is 12.3 Å². The number of amides is 1. The van der Waals surface area contributed by atoms with Crippen molar-refractivity contribution in [3.63, 3.8) is 0 Å². The predicted molar refractivity (Wildman–Crippen MR) is 80.0 cm³/mol. The molecule has 0 aliphatic heterocycles. The van der Waals surface area contributed by atoms with E-state index >= 15 is 0 Å². The van der Waals surface area contributed by atoms with Crippen LogP contribution in [0.1, 0.15) is 17.4 Å². The maximum Gasteiger partial charge on any atom is 0.273 e. The third-order valence-electron chi connectivity index (χ3n) is 2.66. The number of halogens is 1. The Morgan fingerprint density at radius 3 is 2.95 bits per heavy atom. The van der Waals surface area contributed by atoms with Gasteiger partial charge in [-0.2, -0.15) is 5.10 Å². The third kappa shape index (κ3) is 4.21.